The van der Waals surface area contributed by atoms with Crippen LogP contribution in [0.1, 0.15) is 6.92 Å². The molecule has 1 unspecified atom stereocenters. The molecule has 2 nitrogen and oxygen atoms in total. The third kappa shape index (κ3) is 3.51. The van der Waals surface area contributed by atoms with Crippen molar-refractivity contribution in [3.8, 4) is 0 Å². The maximum Gasteiger partial charge on any atom is 0.328 e. The van der Waals surface area contributed by atoms with Gasteiger partial charge in [-0.25, -0.2) is 0 Å². The maximum atomic E-state index is 10.3. The molecule has 7 heavy (non-hydrogen) atoms. The molecule has 0 aliphatic rings. The van der Waals surface area contributed by atoms with Gasteiger partial charge in [0, 0.05) is 0 Å². The number of alkyl halides is 1. The third-order valence-corrected chi connectivity index (χ3v) is 1.34. The number of carbonyl (C=O) groups is 1. The van der Waals surface area contributed by atoms with Crippen LogP contribution in [0.3, 0.4) is 0 Å². The Morgan fingerprint density at radius 2 is 2.29 bits per heavy atom. The summed E-state index contributed by atoms with van der Waals surface area (Å²) in [6.07, 6.45) is 0. The molecule has 0 saturated heterocycles. The predicted octanol–water partition coefficient (Wildman–Crippen LogP) is 1.70. The van der Waals surface area contributed by atoms with E-state index in [0.717, 1.165) is 0 Å². The molecule has 0 amide bonds. The van der Waals surface area contributed by atoms with Crippen LogP contribution in [0.5, 0.6) is 0 Å². The van der Waals surface area contributed by atoms with Gasteiger partial charge in [-0.1, -0.05) is 22.6 Å². The van der Waals surface area contributed by atoms with E-state index in [1.54, 1.807) is 29.9 Å². The molecule has 0 N–H and O–H groups in total. The van der Waals surface area contributed by atoms with Crippen LogP contribution < -0.4 is 0 Å². The summed E-state index contributed by atoms with van der Waals surface area (Å²) in [6, 6.07) is 0. The third-order valence-electron chi connectivity index (χ3n) is 0.401. The molecule has 0 rings (SSSR count). The topological polar surface area (TPSA) is 26.3 Å². The van der Waals surface area contributed by atoms with E-state index < -0.39 is 0 Å². The lowest BCUT2D eigenvalue weighted by Gasteiger charge is -1.93. The van der Waals surface area contributed by atoms with Gasteiger partial charge in [-0.2, -0.15) is 0 Å². The van der Waals surface area contributed by atoms with Crippen molar-refractivity contribution in [1.29, 1.82) is 0 Å². The van der Waals surface area contributed by atoms with E-state index in [4.69, 9.17) is 0 Å². The molecule has 1 atom stereocenters. The van der Waals surface area contributed by atoms with Crippen LogP contribution in [0.25, 0.3) is 0 Å². The van der Waals surface area contributed by atoms with Gasteiger partial charge in [-0.05, 0) is 6.92 Å². The van der Waals surface area contributed by atoms with Crippen molar-refractivity contribution in [2.45, 2.75) is 10.8 Å². The highest BCUT2D eigenvalue weighted by atomic mass is 127. The zero-order valence-electron chi connectivity index (χ0n) is 3.65. The minimum absolute atomic E-state index is 0.0329. The lowest BCUT2D eigenvalue weighted by atomic mass is 10.5. The van der Waals surface area contributed by atoms with Gasteiger partial charge >= 0.3 is 5.97 Å². The van der Waals surface area contributed by atoms with Crippen molar-refractivity contribution in [2.75, 3.05) is 0 Å². The highest BCUT2D eigenvalue weighted by molar-refractivity contribution is 14.1. The predicted molar refractivity (Wildman–Crippen MR) is 43.6 cm³/mol. The van der Waals surface area contributed by atoms with Crippen molar-refractivity contribution in [3.63, 3.8) is 0 Å². The molecular formula is C3H4I2O2. The van der Waals surface area contributed by atoms with E-state index in [1.165, 1.54) is 0 Å². The molecule has 0 aromatic heterocycles. The Balaban J connectivity index is 3.35. The molecule has 0 aromatic rings. The maximum absolute atomic E-state index is 10.3. The summed E-state index contributed by atoms with van der Waals surface area (Å²) in [6.45, 7) is 1.78. The fourth-order valence-electron chi connectivity index (χ4n) is 0.0614. The van der Waals surface area contributed by atoms with Gasteiger partial charge in [0.05, 0.1) is 0 Å². The molecule has 0 aromatic carbocycles. The summed E-state index contributed by atoms with van der Waals surface area (Å²) in [5.41, 5.74) is 0. The first-order valence-corrected chi connectivity index (χ1v) is 3.77. The largest absolute Gasteiger partial charge is 0.394 e. The van der Waals surface area contributed by atoms with E-state index in [1.807, 2.05) is 22.6 Å². The Kier molecular flexibility index (Phi) is 4.39. The number of rotatable bonds is 1. The van der Waals surface area contributed by atoms with Gasteiger partial charge in [0.2, 0.25) is 0 Å². The first kappa shape index (κ1) is 7.93. The minimum Gasteiger partial charge on any atom is -0.394 e. The van der Waals surface area contributed by atoms with E-state index in [2.05, 4.69) is 3.07 Å². The fourth-order valence-corrected chi connectivity index (χ4v) is 1.06. The molecular weight excluding hydrogens is 322 g/mol. The Bertz CT molecular complexity index is 71.3. The van der Waals surface area contributed by atoms with Gasteiger partial charge in [0.15, 0.2) is 23.0 Å². The summed E-state index contributed by atoms with van der Waals surface area (Å²) in [7, 11) is 0. The van der Waals surface area contributed by atoms with Crippen LogP contribution in [0, 0.1) is 0 Å². The molecule has 0 aliphatic carbocycles. The number of hydrogen-bond donors (Lipinski definition) is 0. The van der Waals surface area contributed by atoms with Crippen molar-refractivity contribution < 1.29 is 7.86 Å². The molecule has 0 saturated carbocycles. The van der Waals surface area contributed by atoms with Gasteiger partial charge in [-0.3, -0.25) is 4.79 Å². The highest BCUT2D eigenvalue weighted by Gasteiger charge is 2.06. The van der Waals surface area contributed by atoms with E-state index in [-0.39, 0.29) is 9.89 Å². The van der Waals surface area contributed by atoms with Crippen LogP contribution in [0.4, 0.5) is 0 Å². The molecule has 0 heterocycles. The summed E-state index contributed by atoms with van der Waals surface area (Å²) < 4.78 is 4.30. The van der Waals surface area contributed by atoms with Gasteiger partial charge in [-0.15, -0.1) is 0 Å². The Morgan fingerprint density at radius 3 is 2.29 bits per heavy atom. The lowest BCUT2D eigenvalue weighted by Crippen LogP contribution is -2.07. The summed E-state index contributed by atoms with van der Waals surface area (Å²) >= 11 is 3.56. The van der Waals surface area contributed by atoms with E-state index in [9.17, 15) is 4.79 Å². The molecule has 0 radical (unpaired) electrons. The standard InChI is InChI=1S/C3H4I2O2/c1-2(4)3(6)7-5/h2H,1H3. The summed E-state index contributed by atoms with van der Waals surface area (Å²) in [4.78, 5) is 10.3. The van der Waals surface area contributed by atoms with Gasteiger partial charge in [0.25, 0.3) is 0 Å². The molecule has 0 fully saturated rings. The Hall–Kier alpha value is 0.930. The first-order valence-electron chi connectivity index (χ1n) is 1.65. The van der Waals surface area contributed by atoms with Crippen molar-refractivity contribution >= 4 is 51.6 Å². The van der Waals surface area contributed by atoms with Gasteiger partial charge in [0.1, 0.15) is 3.92 Å². The van der Waals surface area contributed by atoms with Crippen LogP contribution in [-0.2, 0) is 7.86 Å². The summed E-state index contributed by atoms with van der Waals surface area (Å²) in [5, 5.41) is 0. The molecule has 0 aliphatic heterocycles. The SMILES string of the molecule is CC(I)C(=O)OI. The Labute approximate surface area is 69.8 Å². The smallest absolute Gasteiger partial charge is 0.328 e. The zero-order valence-corrected chi connectivity index (χ0v) is 7.96. The fraction of sp³-hybridized carbons (Fsp3) is 0.667. The quantitative estimate of drug-likeness (QED) is 0.542. The first-order chi connectivity index (χ1) is 3.18. The van der Waals surface area contributed by atoms with E-state index >= 15 is 0 Å². The zero-order chi connectivity index (χ0) is 5.86. The van der Waals surface area contributed by atoms with Crippen LogP contribution in [0.15, 0.2) is 0 Å². The van der Waals surface area contributed by atoms with Crippen molar-refractivity contribution in [3.05, 3.63) is 0 Å². The van der Waals surface area contributed by atoms with Crippen LogP contribution >= 0.6 is 45.6 Å². The highest BCUT2D eigenvalue weighted by Crippen LogP contribution is 2.02. The molecule has 4 heteroatoms. The number of carbonyl (C=O) groups excluding carboxylic acids is 1. The number of halogens is 2. The van der Waals surface area contributed by atoms with Crippen LogP contribution in [0.2, 0.25) is 0 Å². The van der Waals surface area contributed by atoms with Crippen LogP contribution in [-0.4, -0.2) is 9.89 Å². The molecule has 0 bridgehead atoms. The Morgan fingerprint density at radius 1 is 1.86 bits per heavy atom. The minimum atomic E-state index is -0.179. The average Bonchev–Trinajstić information content (AvgIpc) is 1.65. The van der Waals surface area contributed by atoms with E-state index in [0.29, 0.717) is 0 Å². The monoisotopic (exact) mass is 326 g/mol. The second-order valence-electron chi connectivity index (χ2n) is 1.01. The average molecular weight is 326 g/mol. The van der Waals surface area contributed by atoms with Gasteiger partial charge < -0.3 is 3.07 Å². The summed E-state index contributed by atoms with van der Waals surface area (Å²) in [5.74, 6) is -0.179. The normalized spacial score (nSPS) is 13.0. The number of hydrogen-bond acceptors (Lipinski definition) is 2. The molecule has 42 valence electrons. The second kappa shape index (κ2) is 3.88. The van der Waals surface area contributed by atoms with Crippen molar-refractivity contribution in [2.24, 2.45) is 0 Å². The molecule has 0 spiro atoms. The van der Waals surface area contributed by atoms with Crippen molar-refractivity contribution in [1.82, 2.24) is 0 Å². The second-order valence-corrected chi connectivity index (χ2v) is 3.32. The lowest BCUT2D eigenvalue weighted by molar-refractivity contribution is -0.130.